The van der Waals surface area contributed by atoms with E-state index in [4.69, 9.17) is 20.3 Å². The van der Waals surface area contributed by atoms with Gasteiger partial charge in [-0.2, -0.15) is 0 Å². The number of nitrogens with one attached hydrogen (secondary N) is 1. The molecule has 5 nitrogen and oxygen atoms in total. The number of nitrogens with zero attached hydrogens (tertiary/aromatic N) is 1. The average molecular weight is 385 g/mol. The number of furan rings is 1. The molecule has 1 heterocycles. The zero-order valence-electron chi connectivity index (χ0n) is 16.5. The van der Waals surface area contributed by atoms with E-state index < -0.39 is 0 Å². The number of hydrogen-bond donors (Lipinski definition) is 2. The summed E-state index contributed by atoms with van der Waals surface area (Å²) in [6.45, 7) is 2.39. The van der Waals surface area contributed by atoms with Crippen LogP contribution in [0.5, 0.6) is 5.75 Å². The van der Waals surface area contributed by atoms with Crippen molar-refractivity contribution >= 4 is 22.6 Å². The van der Waals surface area contributed by atoms with Gasteiger partial charge in [-0.05, 0) is 42.3 Å². The first-order valence-electron chi connectivity index (χ1n) is 9.39. The molecule has 0 saturated carbocycles. The van der Waals surface area contributed by atoms with Crippen LogP contribution in [-0.2, 0) is 6.54 Å². The Morgan fingerprint density at radius 2 is 1.72 bits per heavy atom. The monoisotopic (exact) mass is 385 g/mol. The fourth-order valence-corrected chi connectivity index (χ4v) is 3.40. The molecule has 0 aliphatic rings. The van der Waals surface area contributed by atoms with Crippen molar-refractivity contribution in [3.8, 4) is 16.9 Å². The molecule has 0 unspecified atom stereocenters. The lowest BCUT2D eigenvalue weighted by atomic mass is 10.0. The first-order chi connectivity index (χ1) is 14.0. The van der Waals surface area contributed by atoms with E-state index in [2.05, 4.69) is 31.2 Å². The van der Waals surface area contributed by atoms with Gasteiger partial charge in [0.25, 0.3) is 0 Å². The molecule has 3 aromatic carbocycles. The Morgan fingerprint density at radius 3 is 2.41 bits per heavy atom. The van der Waals surface area contributed by atoms with Crippen molar-refractivity contribution in [2.24, 2.45) is 5.73 Å². The summed E-state index contributed by atoms with van der Waals surface area (Å²) in [7, 11) is 1.61. The Labute approximate surface area is 169 Å². The molecule has 1 aromatic heterocycles. The number of hydrogen-bond acceptors (Lipinski definition) is 3. The number of benzene rings is 3. The van der Waals surface area contributed by atoms with Gasteiger partial charge >= 0.3 is 0 Å². The second-order valence-electron chi connectivity index (χ2n) is 6.97. The summed E-state index contributed by atoms with van der Waals surface area (Å²) in [5, 5.41) is 9.17. The molecule has 0 fully saturated rings. The summed E-state index contributed by atoms with van der Waals surface area (Å²) >= 11 is 0. The van der Waals surface area contributed by atoms with Crippen LogP contribution in [-0.4, -0.2) is 13.1 Å². The molecule has 0 saturated heterocycles. The molecule has 5 heteroatoms. The lowest BCUT2D eigenvalue weighted by Crippen LogP contribution is -2.36. The van der Waals surface area contributed by atoms with Crippen molar-refractivity contribution in [1.29, 1.82) is 5.41 Å². The van der Waals surface area contributed by atoms with Crippen molar-refractivity contribution in [2.75, 3.05) is 12.0 Å². The van der Waals surface area contributed by atoms with E-state index in [1.807, 2.05) is 48.5 Å². The topological polar surface area (TPSA) is 75.5 Å². The summed E-state index contributed by atoms with van der Waals surface area (Å²) < 4.78 is 11.5. The summed E-state index contributed by atoms with van der Waals surface area (Å²) in [5.41, 5.74) is 10.8. The van der Waals surface area contributed by atoms with Crippen LogP contribution in [0.1, 0.15) is 11.3 Å². The number of guanidine groups is 1. The average Bonchev–Trinajstić information content (AvgIpc) is 3.14. The maximum absolute atomic E-state index is 8.15. The predicted molar refractivity (Wildman–Crippen MR) is 117 cm³/mol. The van der Waals surface area contributed by atoms with Crippen LogP contribution in [0.2, 0.25) is 0 Å². The van der Waals surface area contributed by atoms with Crippen LogP contribution in [0.4, 0.5) is 5.69 Å². The van der Waals surface area contributed by atoms with Gasteiger partial charge in [-0.1, -0.05) is 54.1 Å². The number of ether oxygens (including phenoxy) is 1. The molecule has 146 valence electrons. The van der Waals surface area contributed by atoms with E-state index >= 15 is 0 Å². The smallest absolute Gasteiger partial charge is 0.193 e. The predicted octanol–water partition coefficient (Wildman–Crippen LogP) is 5.32. The summed E-state index contributed by atoms with van der Waals surface area (Å²) in [6, 6.07) is 24.0. The standard InChI is InChI=1S/C24H23N3O2/c1-16-7-9-17(10-8-16)18-11-12-23(28-2)21(14-18)27(24(25)26)15-20-13-19-5-3-4-6-22(19)29-20/h3-14H,15H2,1-2H3,(H3,25,26). The molecule has 0 amide bonds. The van der Waals surface area contributed by atoms with Gasteiger partial charge in [0.05, 0.1) is 19.3 Å². The molecule has 0 atom stereocenters. The summed E-state index contributed by atoms with van der Waals surface area (Å²) in [6.07, 6.45) is 0. The van der Waals surface area contributed by atoms with E-state index in [9.17, 15) is 0 Å². The largest absolute Gasteiger partial charge is 0.495 e. The second-order valence-corrected chi connectivity index (χ2v) is 6.97. The van der Waals surface area contributed by atoms with Gasteiger partial charge in [-0.15, -0.1) is 0 Å². The zero-order chi connectivity index (χ0) is 20.4. The second kappa shape index (κ2) is 7.72. The Morgan fingerprint density at radius 1 is 1.00 bits per heavy atom. The Hall–Kier alpha value is -3.73. The molecule has 29 heavy (non-hydrogen) atoms. The van der Waals surface area contributed by atoms with Gasteiger partial charge in [0.2, 0.25) is 0 Å². The highest BCUT2D eigenvalue weighted by Gasteiger charge is 2.18. The van der Waals surface area contributed by atoms with Crippen LogP contribution in [0.25, 0.3) is 22.1 Å². The first-order valence-corrected chi connectivity index (χ1v) is 9.39. The van der Waals surface area contributed by atoms with Crippen LogP contribution in [0, 0.1) is 12.3 Å². The first kappa shape index (κ1) is 18.6. The van der Waals surface area contributed by atoms with Crippen LogP contribution in [0.15, 0.2) is 77.2 Å². The van der Waals surface area contributed by atoms with Crippen LogP contribution < -0.4 is 15.4 Å². The molecule has 3 N–H and O–H groups in total. The molecule has 0 bridgehead atoms. The highest BCUT2D eigenvalue weighted by atomic mass is 16.5. The minimum atomic E-state index is -0.0789. The van der Waals surface area contributed by atoms with E-state index in [-0.39, 0.29) is 5.96 Å². The van der Waals surface area contributed by atoms with Gasteiger partial charge in [-0.25, -0.2) is 0 Å². The Balaban J connectivity index is 1.74. The quantitative estimate of drug-likeness (QED) is 0.360. The van der Waals surface area contributed by atoms with Crippen molar-refractivity contribution in [1.82, 2.24) is 0 Å². The maximum Gasteiger partial charge on any atom is 0.193 e. The summed E-state index contributed by atoms with van der Waals surface area (Å²) in [4.78, 5) is 1.69. The maximum atomic E-state index is 8.15. The van der Waals surface area contributed by atoms with Gasteiger partial charge in [-0.3, -0.25) is 5.41 Å². The SMILES string of the molecule is COc1ccc(-c2ccc(C)cc2)cc1N(Cc1cc2ccccc2o1)C(=N)N. The molecule has 4 rings (SSSR count). The molecule has 4 aromatic rings. The zero-order valence-corrected chi connectivity index (χ0v) is 16.5. The number of para-hydroxylation sites is 1. The van der Waals surface area contributed by atoms with Crippen LogP contribution >= 0.6 is 0 Å². The van der Waals surface area contributed by atoms with E-state index in [0.717, 1.165) is 33.5 Å². The van der Waals surface area contributed by atoms with Gasteiger partial charge in [0, 0.05) is 5.39 Å². The molecular formula is C24H23N3O2. The molecule has 0 aliphatic carbocycles. The number of nitrogens with two attached hydrogens (primary N) is 1. The number of methoxy groups -OCH3 is 1. The van der Waals surface area contributed by atoms with Gasteiger partial charge in [0.1, 0.15) is 17.1 Å². The van der Waals surface area contributed by atoms with E-state index in [0.29, 0.717) is 12.3 Å². The molecular weight excluding hydrogens is 362 g/mol. The number of fused-ring (bicyclic) bond motifs is 1. The van der Waals surface area contributed by atoms with E-state index in [1.165, 1.54) is 5.56 Å². The third kappa shape index (κ3) is 3.80. The third-order valence-corrected chi connectivity index (χ3v) is 4.94. The number of anilines is 1. The lowest BCUT2D eigenvalue weighted by molar-refractivity contribution is 0.415. The van der Waals surface area contributed by atoms with Crippen molar-refractivity contribution in [2.45, 2.75) is 13.5 Å². The van der Waals surface area contributed by atoms with Crippen molar-refractivity contribution in [3.05, 3.63) is 84.1 Å². The molecule has 0 aliphatic heterocycles. The fourth-order valence-electron chi connectivity index (χ4n) is 3.40. The highest BCUT2D eigenvalue weighted by Crippen LogP contribution is 2.34. The summed E-state index contributed by atoms with van der Waals surface area (Å²) in [5.74, 6) is 1.29. The van der Waals surface area contributed by atoms with Crippen molar-refractivity contribution in [3.63, 3.8) is 0 Å². The number of rotatable bonds is 5. The Kier molecular flexibility index (Phi) is 4.96. The van der Waals surface area contributed by atoms with Gasteiger partial charge < -0.3 is 19.8 Å². The minimum absolute atomic E-state index is 0.0789. The lowest BCUT2D eigenvalue weighted by Gasteiger charge is -2.24. The van der Waals surface area contributed by atoms with Crippen molar-refractivity contribution < 1.29 is 9.15 Å². The van der Waals surface area contributed by atoms with Gasteiger partial charge in [0.15, 0.2) is 5.96 Å². The van der Waals surface area contributed by atoms with Crippen LogP contribution in [0.3, 0.4) is 0 Å². The fraction of sp³-hybridized carbons (Fsp3) is 0.125. The third-order valence-electron chi connectivity index (χ3n) is 4.94. The minimum Gasteiger partial charge on any atom is -0.495 e. The number of aryl methyl sites for hydroxylation is 1. The van der Waals surface area contributed by atoms with E-state index in [1.54, 1.807) is 12.0 Å². The molecule has 0 spiro atoms. The Bertz CT molecular complexity index is 1130. The normalized spacial score (nSPS) is 10.8. The molecule has 0 radical (unpaired) electrons. The highest BCUT2D eigenvalue weighted by molar-refractivity contribution is 5.95.